The second-order valence-electron chi connectivity index (χ2n) is 9.08. The van der Waals surface area contributed by atoms with E-state index in [4.69, 9.17) is 11.6 Å². The minimum absolute atomic E-state index is 0.0857. The van der Waals surface area contributed by atoms with Gasteiger partial charge in [0.1, 0.15) is 29.9 Å². The molecule has 3 aromatic carbocycles. The van der Waals surface area contributed by atoms with Gasteiger partial charge in [-0.25, -0.2) is 18.4 Å². The minimum atomic E-state index is -1.87. The molecule has 2 aromatic heterocycles. The van der Waals surface area contributed by atoms with Gasteiger partial charge in [-0.05, 0) is 43.3 Å². The summed E-state index contributed by atoms with van der Waals surface area (Å²) in [6.45, 7) is 1.69. The van der Waals surface area contributed by atoms with Crippen molar-refractivity contribution in [1.29, 1.82) is 0 Å². The van der Waals surface area contributed by atoms with Gasteiger partial charge in [0.05, 0.1) is 23.0 Å². The highest BCUT2D eigenvalue weighted by atomic mass is 35.5. The standard InChI is InChI=1S/C26H22ClF2N7O3/c1-16(26(37,13-34-15-30-14-32-34)22-6-4-20(28)10-23(22)29)35-12-18-8-21(5-7-24(18)33-35)31-11-17-2-3-19(27)9-25(17)36(38)39/h2-10,12,14-16,31,37H,11,13H2,1H3/t16-,26-/m1/s1. The number of halogens is 3. The van der Waals surface area contributed by atoms with Crippen LogP contribution in [0.4, 0.5) is 20.2 Å². The normalized spacial score (nSPS) is 13.8. The largest absolute Gasteiger partial charge is 0.381 e. The summed E-state index contributed by atoms with van der Waals surface area (Å²) in [5, 5.41) is 36.0. The van der Waals surface area contributed by atoms with Crippen LogP contribution in [0, 0.1) is 21.7 Å². The van der Waals surface area contributed by atoms with Crippen molar-refractivity contribution >= 4 is 33.9 Å². The first-order valence-electron chi connectivity index (χ1n) is 11.8. The molecule has 0 radical (unpaired) electrons. The van der Waals surface area contributed by atoms with Crippen molar-refractivity contribution in [3.8, 4) is 0 Å². The summed E-state index contributed by atoms with van der Waals surface area (Å²) in [5.74, 6) is -1.66. The van der Waals surface area contributed by atoms with Crippen molar-refractivity contribution in [1.82, 2.24) is 24.5 Å². The number of rotatable bonds is 9. The zero-order valence-corrected chi connectivity index (χ0v) is 21.3. The molecular formula is C26H22ClF2N7O3. The summed E-state index contributed by atoms with van der Waals surface area (Å²) in [7, 11) is 0. The lowest BCUT2D eigenvalue weighted by Gasteiger charge is -2.34. The molecule has 0 amide bonds. The van der Waals surface area contributed by atoms with E-state index in [2.05, 4.69) is 20.5 Å². The van der Waals surface area contributed by atoms with E-state index >= 15 is 0 Å². The predicted molar refractivity (Wildman–Crippen MR) is 140 cm³/mol. The molecule has 0 fully saturated rings. The predicted octanol–water partition coefficient (Wildman–Crippen LogP) is 5.23. The van der Waals surface area contributed by atoms with Gasteiger partial charge in [-0.1, -0.05) is 17.7 Å². The highest BCUT2D eigenvalue weighted by Gasteiger charge is 2.41. The summed E-state index contributed by atoms with van der Waals surface area (Å²) in [6, 6.07) is 12.0. The number of anilines is 1. The van der Waals surface area contributed by atoms with Crippen LogP contribution in [0.3, 0.4) is 0 Å². The van der Waals surface area contributed by atoms with Crippen LogP contribution in [0.25, 0.3) is 10.9 Å². The number of benzene rings is 3. The molecule has 0 saturated carbocycles. The topological polar surface area (TPSA) is 124 Å². The van der Waals surface area contributed by atoms with E-state index in [0.717, 1.165) is 12.1 Å². The number of aromatic nitrogens is 5. The number of nitrogens with zero attached hydrogens (tertiary/aromatic N) is 6. The zero-order valence-electron chi connectivity index (χ0n) is 20.5. The Balaban J connectivity index is 1.44. The Morgan fingerprint density at radius 1 is 1.18 bits per heavy atom. The van der Waals surface area contributed by atoms with Crippen LogP contribution in [0.15, 0.2) is 73.4 Å². The first kappa shape index (κ1) is 26.2. The van der Waals surface area contributed by atoms with E-state index in [1.807, 2.05) is 6.07 Å². The lowest BCUT2D eigenvalue weighted by molar-refractivity contribution is -0.385. The Morgan fingerprint density at radius 2 is 2.00 bits per heavy atom. The summed E-state index contributed by atoms with van der Waals surface area (Å²) >= 11 is 5.90. The Morgan fingerprint density at radius 3 is 2.72 bits per heavy atom. The van der Waals surface area contributed by atoms with Crippen LogP contribution >= 0.6 is 11.6 Å². The molecule has 0 aliphatic heterocycles. The van der Waals surface area contributed by atoms with Gasteiger partial charge < -0.3 is 10.4 Å². The van der Waals surface area contributed by atoms with Crippen molar-refractivity contribution < 1.29 is 18.8 Å². The molecule has 0 spiro atoms. The summed E-state index contributed by atoms with van der Waals surface area (Å²) in [4.78, 5) is 14.8. The van der Waals surface area contributed by atoms with Crippen molar-refractivity contribution in [2.45, 2.75) is 31.7 Å². The molecule has 2 N–H and O–H groups in total. The van der Waals surface area contributed by atoms with Crippen LogP contribution in [-0.4, -0.2) is 34.6 Å². The molecule has 0 saturated heterocycles. The molecular weight excluding hydrogens is 532 g/mol. The third-order valence-electron chi connectivity index (χ3n) is 6.60. The van der Waals surface area contributed by atoms with E-state index < -0.39 is 28.2 Å². The third kappa shape index (κ3) is 5.29. The number of hydrogen-bond donors (Lipinski definition) is 2. The maximum atomic E-state index is 14.9. The van der Waals surface area contributed by atoms with Gasteiger partial charge in [-0.15, -0.1) is 0 Å². The van der Waals surface area contributed by atoms with Gasteiger partial charge >= 0.3 is 0 Å². The Hall–Kier alpha value is -4.42. The quantitative estimate of drug-likeness (QED) is 0.189. The Labute approximate surface area is 225 Å². The van der Waals surface area contributed by atoms with Crippen LogP contribution in [0.2, 0.25) is 5.02 Å². The minimum Gasteiger partial charge on any atom is -0.381 e. The highest BCUT2D eigenvalue weighted by molar-refractivity contribution is 6.30. The SMILES string of the molecule is C[C@@H](n1cc2cc(NCc3ccc(Cl)cc3[N+](=O)[O-])ccc2n1)[C@](O)(Cn1cncn1)c1ccc(F)cc1F. The van der Waals surface area contributed by atoms with Gasteiger partial charge in [-0.3, -0.25) is 14.8 Å². The number of nitrogens with one attached hydrogen (secondary N) is 1. The highest BCUT2D eigenvalue weighted by Crippen LogP contribution is 2.37. The first-order chi connectivity index (χ1) is 18.6. The molecule has 0 aliphatic rings. The zero-order chi connectivity index (χ0) is 27.7. The lowest BCUT2D eigenvalue weighted by atomic mass is 9.86. The van der Waals surface area contributed by atoms with E-state index in [1.165, 1.54) is 34.2 Å². The van der Waals surface area contributed by atoms with Gasteiger partial charge in [0.15, 0.2) is 0 Å². The van der Waals surface area contributed by atoms with Gasteiger partial charge in [0, 0.05) is 52.1 Å². The van der Waals surface area contributed by atoms with Crippen molar-refractivity contribution in [3.05, 3.63) is 111 Å². The van der Waals surface area contributed by atoms with Crippen LogP contribution < -0.4 is 5.32 Å². The molecule has 0 bridgehead atoms. The summed E-state index contributed by atoms with van der Waals surface area (Å²) < 4.78 is 31.4. The molecule has 2 heterocycles. The van der Waals surface area contributed by atoms with Crippen molar-refractivity contribution in [3.63, 3.8) is 0 Å². The molecule has 0 unspecified atom stereocenters. The fraction of sp³-hybridized carbons (Fsp3) is 0.192. The van der Waals surface area contributed by atoms with E-state index in [9.17, 15) is 24.0 Å². The molecule has 13 heteroatoms. The fourth-order valence-electron chi connectivity index (χ4n) is 4.47. The average molecular weight is 554 g/mol. The first-order valence-corrected chi connectivity index (χ1v) is 12.2. The van der Waals surface area contributed by atoms with E-state index in [1.54, 1.807) is 37.4 Å². The van der Waals surface area contributed by atoms with Crippen molar-refractivity contribution in [2.75, 3.05) is 5.32 Å². The molecule has 5 rings (SSSR count). The molecule has 0 aliphatic carbocycles. The van der Waals surface area contributed by atoms with Crippen molar-refractivity contribution in [2.24, 2.45) is 0 Å². The maximum Gasteiger partial charge on any atom is 0.275 e. The van der Waals surface area contributed by atoms with E-state index in [0.29, 0.717) is 22.2 Å². The summed E-state index contributed by atoms with van der Waals surface area (Å²) in [6.07, 6.45) is 4.38. The lowest BCUT2D eigenvalue weighted by Crippen LogP contribution is -2.40. The van der Waals surface area contributed by atoms with Gasteiger partial charge in [-0.2, -0.15) is 10.2 Å². The monoisotopic (exact) mass is 553 g/mol. The smallest absolute Gasteiger partial charge is 0.275 e. The second-order valence-corrected chi connectivity index (χ2v) is 9.52. The van der Waals surface area contributed by atoms with Crippen LogP contribution in [0.1, 0.15) is 24.1 Å². The van der Waals surface area contributed by atoms with Gasteiger partial charge in [0.25, 0.3) is 5.69 Å². The Kier molecular flexibility index (Phi) is 6.98. The fourth-order valence-corrected chi connectivity index (χ4v) is 4.64. The Bertz CT molecular complexity index is 1660. The maximum absolute atomic E-state index is 14.9. The number of nitro groups is 1. The average Bonchev–Trinajstić information content (AvgIpc) is 3.56. The molecule has 10 nitrogen and oxygen atoms in total. The second kappa shape index (κ2) is 10.4. The molecule has 2 atom stereocenters. The third-order valence-corrected chi connectivity index (χ3v) is 6.84. The molecule has 5 aromatic rings. The number of fused-ring (bicyclic) bond motifs is 1. The van der Waals surface area contributed by atoms with Crippen LogP contribution in [-0.2, 0) is 18.7 Å². The van der Waals surface area contributed by atoms with Crippen LogP contribution in [0.5, 0.6) is 0 Å². The number of nitro benzene ring substituents is 1. The van der Waals surface area contributed by atoms with E-state index in [-0.39, 0.29) is 29.4 Å². The summed E-state index contributed by atoms with van der Waals surface area (Å²) in [5.41, 5.74) is -0.319. The van der Waals surface area contributed by atoms with Gasteiger partial charge in [0.2, 0.25) is 0 Å². The molecule has 39 heavy (non-hydrogen) atoms. The molecule has 200 valence electrons. The number of aliphatic hydroxyl groups is 1. The number of hydrogen-bond acceptors (Lipinski definition) is 7.